The quantitative estimate of drug-likeness (QED) is 0.631. The lowest BCUT2D eigenvalue weighted by Gasteiger charge is -2.09. The molecule has 1 unspecified atom stereocenters. The predicted octanol–water partition coefficient (Wildman–Crippen LogP) is 1.42. The van der Waals surface area contributed by atoms with E-state index in [1.54, 1.807) is 0 Å². The van der Waals surface area contributed by atoms with Gasteiger partial charge in [0.05, 0.1) is 5.92 Å². The number of phenols is 2. The second-order valence-corrected chi connectivity index (χ2v) is 2.90. The lowest BCUT2D eigenvalue weighted by molar-refractivity contribution is -0.138. The van der Waals surface area contributed by atoms with Gasteiger partial charge in [-0.25, -0.2) is 4.39 Å². The van der Waals surface area contributed by atoms with Gasteiger partial charge >= 0.3 is 5.97 Å². The molecule has 0 aliphatic carbocycles. The average molecular weight is 200 g/mol. The van der Waals surface area contributed by atoms with Gasteiger partial charge in [-0.3, -0.25) is 4.79 Å². The van der Waals surface area contributed by atoms with Gasteiger partial charge in [0.25, 0.3) is 0 Å². The van der Waals surface area contributed by atoms with Crippen molar-refractivity contribution in [1.29, 1.82) is 0 Å². The van der Waals surface area contributed by atoms with E-state index >= 15 is 0 Å². The largest absolute Gasteiger partial charge is 0.504 e. The summed E-state index contributed by atoms with van der Waals surface area (Å²) in [6, 6.07) is 2.18. The zero-order chi connectivity index (χ0) is 10.9. The molecular weight excluding hydrogens is 191 g/mol. The fourth-order valence-electron chi connectivity index (χ4n) is 1.04. The van der Waals surface area contributed by atoms with Gasteiger partial charge in [-0.2, -0.15) is 0 Å². The highest BCUT2D eigenvalue weighted by Gasteiger charge is 2.21. The molecule has 1 atom stereocenters. The number of hydrogen-bond acceptors (Lipinski definition) is 3. The van der Waals surface area contributed by atoms with Crippen molar-refractivity contribution in [1.82, 2.24) is 0 Å². The highest BCUT2D eigenvalue weighted by Crippen LogP contribution is 2.32. The molecule has 1 aromatic carbocycles. The highest BCUT2D eigenvalue weighted by molar-refractivity contribution is 5.76. The molecule has 0 saturated carbocycles. The molecule has 0 radical (unpaired) electrons. The Bertz CT molecular complexity index is 375. The molecule has 4 nitrogen and oxygen atoms in total. The molecule has 0 aliphatic rings. The normalized spacial score (nSPS) is 12.4. The van der Waals surface area contributed by atoms with Gasteiger partial charge in [-0.1, -0.05) is 6.07 Å². The summed E-state index contributed by atoms with van der Waals surface area (Å²) >= 11 is 0. The first-order chi connectivity index (χ1) is 6.45. The van der Waals surface area contributed by atoms with Crippen LogP contribution in [-0.2, 0) is 4.79 Å². The predicted molar refractivity (Wildman–Crippen MR) is 45.8 cm³/mol. The standard InChI is InChI=1S/C9H9FO4/c1-4(9(13)14)5-2-3-6(11)8(12)7(5)10/h2-4,11-12H,1H3,(H,13,14). The summed E-state index contributed by atoms with van der Waals surface area (Å²) in [4.78, 5) is 10.5. The number of hydrogen-bond donors (Lipinski definition) is 3. The lowest BCUT2D eigenvalue weighted by atomic mass is 10.0. The smallest absolute Gasteiger partial charge is 0.310 e. The maximum Gasteiger partial charge on any atom is 0.310 e. The number of carbonyl (C=O) groups is 1. The van der Waals surface area contributed by atoms with E-state index in [2.05, 4.69) is 0 Å². The molecule has 0 heterocycles. The van der Waals surface area contributed by atoms with Crippen molar-refractivity contribution in [2.75, 3.05) is 0 Å². The van der Waals surface area contributed by atoms with Gasteiger partial charge in [0.1, 0.15) is 0 Å². The van der Waals surface area contributed by atoms with Crippen molar-refractivity contribution in [2.24, 2.45) is 0 Å². The Balaban J connectivity index is 3.24. The van der Waals surface area contributed by atoms with Crippen LogP contribution >= 0.6 is 0 Å². The summed E-state index contributed by atoms with van der Waals surface area (Å²) in [6.45, 7) is 1.29. The number of rotatable bonds is 2. The maximum atomic E-state index is 13.2. The molecule has 0 spiro atoms. The Labute approximate surface area is 79.2 Å². The van der Waals surface area contributed by atoms with Gasteiger partial charge in [-0.15, -0.1) is 0 Å². The van der Waals surface area contributed by atoms with E-state index in [0.717, 1.165) is 12.1 Å². The average Bonchev–Trinajstić information content (AvgIpc) is 2.13. The molecule has 14 heavy (non-hydrogen) atoms. The fourth-order valence-corrected chi connectivity index (χ4v) is 1.04. The molecule has 1 rings (SSSR count). The number of carboxylic acids is 1. The summed E-state index contributed by atoms with van der Waals surface area (Å²) in [6.07, 6.45) is 0. The SMILES string of the molecule is CC(C(=O)O)c1ccc(O)c(O)c1F. The minimum atomic E-state index is -1.20. The topological polar surface area (TPSA) is 77.8 Å². The monoisotopic (exact) mass is 200 g/mol. The molecular formula is C9H9FO4. The minimum absolute atomic E-state index is 0.159. The maximum absolute atomic E-state index is 13.2. The Kier molecular flexibility index (Phi) is 2.60. The third kappa shape index (κ3) is 1.61. The van der Waals surface area contributed by atoms with Crippen LogP contribution in [0.2, 0.25) is 0 Å². The van der Waals surface area contributed by atoms with Crippen LogP contribution in [0.5, 0.6) is 11.5 Å². The van der Waals surface area contributed by atoms with Gasteiger partial charge in [-0.05, 0) is 13.0 Å². The van der Waals surface area contributed by atoms with Crippen LogP contribution in [0.4, 0.5) is 4.39 Å². The number of phenolic OH excluding ortho intramolecular Hbond substituents is 2. The zero-order valence-corrected chi connectivity index (χ0v) is 7.36. The van der Waals surface area contributed by atoms with Crippen molar-refractivity contribution >= 4 is 5.97 Å². The summed E-state index contributed by atoms with van der Waals surface area (Å²) < 4.78 is 13.2. The number of benzene rings is 1. The third-order valence-corrected chi connectivity index (χ3v) is 1.96. The van der Waals surface area contributed by atoms with Crippen LogP contribution in [0.25, 0.3) is 0 Å². The summed E-state index contributed by atoms with van der Waals surface area (Å²) in [5.41, 5.74) is -0.159. The van der Waals surface area contributed by atoms with Gasteiger partial charge in [0, 0.05) is 5.56 Å². The van der Waals surface area contributed by atoms with Gasteiger partial charge in [0.15, 0.2) is 17.3 Å². The van der Waals surface area contributed by atoms with Crippen LogP contribution in [0.3, 0.4) is 0 Å². The van der Waals surface area contributed by atoms with Crippen LogP contribution in [0.1, 0.15) is 18.4 Å². The summed E-state index contributed by atoms with van der Waals surface area (Å²) in [5.74, 6) is -4.89. The fraction of sp³-hybridized carbons (Fsp3) is 0.222. The van der Waals surface area contributed by atoms with Crippen molar-refractivity contribution in [3.63, 3.8) is 0 Å². The van der Waals surface area contributed by atoms with Crippen LogP contribution in [0, 0.1) is 5.82 Å². The van der Waals surface area contributed by atoms with E-state index in [0.29, 0.717) is 0 Å². The van der Waals surface area contributed by atoms with E-state index in [1.807, 2.05) is 0 Å². The van der Waals surface area contributed by atoms with Crippen molar-refractivity contribution in [3.8, 4) is 11.5 Å². The molecule has 0 amide bonds. The molecule has 0 fully saturated rings. The number of aliphatic carboxylic acids is 1. The lowest BCUT2D eigenvalue weighted by Crippen LogP contribution is -2.09. The van der Waals surface area contributed by atoms with E-state index in [4.69, 9.17) is 15.3 Å². The van der Waals surface area contributed by atoms with Gasteiger partial charge in [0.2, 0.25) is 0 Å². The van der Waals surface area contributed by atoms with Crippen LogP contribution in [-0.4, -0.2) is 21.3 Å². The number of carboxylic acid groups (broad SMARTS) is 1. The van der Waals surface area contributed by atoms with Crippen LogP contribution < -0.4 is 0 Å². The minimum Gasteiger partial charge on any atom is -0.504 e. The number of aromatic hydroxyl groups is 2. The molecule has 5 heteroatoms. The first-order valence-corrected chi connectivity index (χ1v) is 3.88. The summed E-state index contributed by atoms with van der Waals surface area (Å²) in [5, 5.41) is 26.5. The van der Waals surface area contributed by atoms with Crippen LogP contribution in [0.15, 0.2) is 12.1 Å². The Morgan fingerprint density at radius 3 is 2.50 bits per heavy atom. The zero-order valence-electron chi connectivity index (χ0n) is 7.36. The van der Waals surface area contributed by atoms with Crippen molar-refractivity contribution in [3.05, 3.63) is 23.5 Å². The summed E-state index contributed by atoms with van der Waals surface area (Å²) in [7, 11) is 0. The number of halogens is 1. The second-order valence-electron chi connectivity index (χ2n) is 2.90. The van der Waals surface area contributed by atoms with E-state index in [-0.39, 0.29) is 5.56 Å². The molecule has 0 bridgehead atoms. The Morgan fingerprint density at radius 1 is 1.43 bits per heavy atom. The Morgan fingerprint density at radius 2 is 2.00 bits per heavy atom. The van der Waals surface area contributed by atoms with E-state index < -0.39 is 29.2 Å². The molecule has 76 valence electrons. The Hall–Kier alpha value is -1.78. The third-order valence-electron chi connectivity index (χ3n) is 1.96. The molecule has 0 aromatic heterocycles. The van der Waals surface area contributed by atoms with E-state index in [9.17, 15) is 9.18 Å². The molecule has 0 aliphatic heterocycles. The van der Waals surface area contributed by atoms with Crippen molar-refractivity contribution in [2.45, 2.75) is 12.8 Å². The van der Waals surface area contributed by atoms with Gasteiger partial charge < -0.3 is 15.3 Å². The molecule has 3 N–H and O–H groups in total. The highest BCUT2D eigenvalue weighted by atomic mass is 19.1. The van der Waals surface area contributed by atoms with E-state index in [1.165, 1.54) is 6.92 Å². The first kappa shape index (κ1) is 10.3. The van der Waals surface area contributed by atoms with Crippen molar-refractivity contribution < 1.29 is 24.5 Å². The molecule has 0 saturated heterocycles. The first-order valence-electron chi connectivity index (χ1n) is 3.88. The second kappa shape index (κ2) is 3.53. The molecule has 1 aromatic rings.